The molecule has 0 saturated heterocycles. The third-order valence-corrected chi connectivity index (χ3v) is 3.66. The summed E-state index contributed by atoms with van der Waals surface area (Å²) < 4.78 is 5.06. The minimum atomic E-state index is -1.04. The second-order valence-electron chi connectivity index (χ2n) is 5.17. The van der Waals surface area contributed by atoms with E-state index in [9.17, 15) is 19.7 Å². The summed E-state index contributed by atoms with van der Waals surface area (Å²) in [6.07, 6.45) is -1.04. The van der Waals surface area contributed by atoms with Crippen molar-refractivity contribution in [3.05, 3.63) is 74.8 Å². The number of hydrogen-bond donors (Lipinski definition) is 1. The van der Waals surface area contributed by atoms with E-state index in [0.717, 1.165) is 17.7 Å². The Kier molecular flexibility index (Phi) is 6.08. The molecule has 0 aliphatic rings. The predicted octanol–water partition coefficient (Wildman–Crippen LogP) is 3.11. The number of nitrogens with one attached hydrogen (secondary N) is 1. The highest BCUT2D eigenvalue weighted by molar-refractivity contribution is 6.33. The fraction of sp³-hybridized carbons (Fsp3) is 0.176. The van der Waals surface area contributed by atoms with Gasteiger partial charge in [-0.1, -0.05) is 41.9 Å². The summed E-state index contributed by atoms with van der Waals surface area (Å²) in [6, 6.07) is 12.7. The van der Waals surface area contributed by atoms with E-state index in [-0.39, 0.29) is 16.3 Å². The molecule has 1 amide bonds. The van der Waals surface area contributed by atoms with Crippen molar-refractivity contribution in [3.63, 3.8) is 0 Å². The molecule has 0 aromatic heterocycles. The second kappa shape index (κ2) is 8.25. The van der Waals surface area contributed by atoms with Crippen LogP contribution in [0.25, 0.3) is 0 Å². The number of hydrogen-bond acceptors (Lipinski definition) is 5. The molecular formula is C17H15ClN2O5. The van der Waals surface area contributed by atoms with E-state index in [1.165, 1.54) is 13.0 Å². The lowest BCUT2D eigenvalue weighted by molar-refractivity contribution is -0.384. The van der Waals surface area contributed by atoms with Gasteiger partial charge in [-0.05, 0) is 18.6 Å². The minimum absolute atomic E-state index is 0.0463. The first-order valence-corrected chi connectivity index (χ1v) is 7.73. The Morgan fingerprint density at radius 2 is 1.92 bits per heavy atom. The van der Waals surface area contributed by atoms with E-state index >= 15 is 0 Å². The zero-order valence-electron chi connectivity index (χ0n) is 13.3. The summed E-state index contributed by atoms with van der Waals surface area (Å²) in [5.74, 6) is -1.29. The largest absolute Gasteiger partial charge is 0.449 e. The zero-order chi connectivity index (χ0) is 18.4. The SMILES string of the molecule is C[C@@H](OC(=O)c1ccc([N+](=O)[O-])cc1Cl)C(=O)NCc1ccccc1. The van der Waals surface area contributed by atoms with Crippen molar-refractivity contribution in [2.75, 3.05) is 0 Å². The number of ether oxygens (including phenoxy) is 1. The van der Waals surface area contributed by atoms with Crippen molar-refractivity contribution in [2.24, 2.45) is 0 Å². The predicted molar refractivity (Wildman–Crippen MR) is 91.3 cm³/mol. The minimum Gasteiger partial charge on any atom is -0.449 e. The molecule has 0 heterocycles. The van der Waals surface area contributed by atoms with Gasteiger partial charge >= 0.3 is 5.97 Å². The van der Waals surface area contributed by atoms with Gasteiger partial charge in [0.05, 0.1) is 15.5 Å². The molecule has 0 unspecified atom stereocenters. The van der Waals surface area contributed by atoms with Crippen LogP contribution >= 0.6 is 11.6 Å². The lowest BCUT2D eigenvalue weighted by Crippen LogP contribution is -2.35. The molecule has 0 aliphatic carbocycles. The van der Waals surface area contributed by atoms with Gasteiger partial charge < -0.3 is 10.1 Å². The van der Waals surface area contributed by atoms with E-state index in [2.05, 4.69) is 5.32 Å². The highest BCUT2D eigenvalue weighted by Gasteiger charge is 2.21. The van der Waals surface area contributed by atoms with Crippen molar-refractivity contribution in [1.82, 2.24) is 5.32 Å². The number of amides is 1. The zero-order valence-corrected chi connectivity index (χ0v) is 14.0. The van der Waals surface area contributed by atoms with E-state index in [1.807, 2.05) is 30.3 Å². The lowest BCUT2D eigenvalue weighted by Gasteiger charge is -2.14. The Balaban J connectivity index is 1.95. The third kappa shape index (κ3) is 5.02. The number of carbonyl (C=O) groups excluding carboxylic acids is 2. The lowest BCUT2D eigenvalue weighted by atomic mass is 10.2. The topological polar surface area (TPSA) is 98.5 Å². The molecular weight excluding hydrogens is 348 g/mol. The number of halogens is 1. The van der Waals surface area contributed by atoms with Crippen LogP contribution in [0.3, 0.4) is 0 Å². The summed E-state index contributed by atoms with van der Waals surface area (Å²) >= 11 is 5.87. The fourth-order valence-corrected chi connectivity index (χ4v) is 2.24. The Labute approximate surface area is 148 Å². The number of benzene rings is 2. The molecule has 1 atom stereocenters. The molecule has 7 nitrogen and oxygen atoms in total. The van der Waals surface area contributed by atoms with Gasteiger partial charge in [0.15, 0.2) is 6.10 Å². The van der Waals surface area contributed by atoms with E-state index in [1.54, 1.807) is 0 Å². The molecule has 130 valence electrons. The average molecular weight is 363 g/mol. The van der Waals surface area contributed by atoms with Crippen molar-refractivity contribution in [3.8, 4) is 0 Å². The Morgan fingerprint density at radius 3 is 2.52 bits per heavy atom. The van der Waals surface area contributed by atoms with E-state index in [4.69, 9.17) is 16.3 Å². The summed E-state index contributed by atoms with van der Waals surface area (Å²) in [7, 11) is 0. The number of esters is 1. The number of non-ortho nitro benzene ring substituents is 1. The smallest absolute Gasteiger partial charge is 0.340 e. The van der Waals surface area contributed by atoms with Gasteiger partial charge in [0, 0.05) is 18.7 Å². The van der Waals surface area contributed by atoms with E-state index in [0.29, 0.717) is 6.54 Å². The molecule has 0 fully saturated rings. The summed E-state index contributed by atoms with van der Waals surface area (Å²) in [6.45, 7) is 1.73. The second-order valence-corrected chi connectivity index (χ2v) is 5.58. The van der Waals surface area contributed by atoms with Crippen LogP contribution in [0.2, 0.25) is 5.02 Å². The normalized spacial score (nSPS) is 11.4. The quantitative estimate of drug-likeness (QED) is 0.483. The Bertz CT molecular complexity index is 795. The number of carbonyl (C=O) groups is 2. The fourth-order valence-electron chi connectivity index (χ4n) is 1.99. The van der Waals surface area contributed by atoms with Crippen molar-refractivity contribution in [1.29, 1.82) is 0 Å². The van der Waals surface area contributed by atoms with Crippen LogP contribution in [0.4, 0.5) is 5.69 Å². The van der Waals surface area contributed by atoms with Gasteiger partial charge in [-0.3, -0.25) is 14.9 Å². The maximum Gasteiger partial charge on any atom is 0.340 e. The number of nitro groups is 1. The van der Waals surface area contributed by atoms with Crippen LogP contribution in [0.1, 0.15) is 22.8 Å². The molecule has 0 aliphatic heterocycles. The van der Waals surface area contributed by atoms with Crippen LogP contribution in [0, 0.1) is 10.1 Å². The molecule has 0 radical (unpaired) electrons. The summed E-state index contributed by atoms with van der Waals surface area (Å²) in [5, 5.41) is 13.2. The van der Waals surface area contributed by atoms with Gasteiger partial charge in [-0.15, -0.1) is 0 Å². The molecule has 2 aromatic carbocycles. The molecule has 0 bridgehead atoms. The highest BCUT2D eigenvalue weighted by Crippen LogP contribution is 2.23. The van der Waals surface area contributed by atoms with Crippen LogP contribution in [0.5, 0.6) is 0 Å². The maximum atomic E-state index is 12.1. The third-order valence-electron chi connectivity index (χ3n) is 3.35. The van der Waals surface area contributed by atoms with E-state index < -0.39 is 22.9 Å². The molecule has 0 spiro atoms. The molecule has 25 heavy (non-hydrogen) atoms. The van der Waals surface area contributed by atoms with Crippen LogP contribution in [-0.4, -0.2) is 22.9 Å². The highest BCUT2D eigenvalue weighted by atomic mass is 35.5. The van der Waals surface area contributed by atoms with Gasteiger partial charge in [0.1, 0.15) is 0 Å². The first-order valence-electron chi connectivity index (χ1n) is 7.35. The van der Waals surface area contributed by atoms with Crippen molar-refractivity contribution < 1.29 is 19.2 Å². The average Bonchev–Trinajstić information content (AvgIpc) is 2.60. The Hall–Kier alpha value is -2.93. The monoisotopic (exact) mass is 362 g/mol. The van der Waals surface area contributed by atoms with Gasteiger partial charge in [-0.2, -0.15) is 0 Å². The van der Waals surface area contributed by atoms with Gasteiger partial charge in [-0.25, -0.2) is 4.79 Å². The molecule has 2 rings (SSSR count). The number of rotatable bonds is 6. The van der Waals surface area contributed by atoms with Crippen molar-refractivity contribution >= 4 is 29.2 Å². The van der Waals surface area contributed by atoms with Gasteiger partial charge in [0.2, 0.25) is 0 Å². The summed E-state index contributed by atoms with van der Waals surface area (Å²) in [4.78, 5) is 34.1. The molecule has 2 aromatic rings. The standard InChI is InChI=1S/C17H15ClN2O5/c1-11(16(21)19-10-12-5-3-2-4-6-12)25-17(22)14-8-7-13(20(23)24)9-15(14)18/h2-9,11H,10H2,1H3,(H,19,21)/t11-/m1/s1. The Morgan fingerprint density at radius 1 is 1.24 bits per heavy atom. The molecule has 0 saturated carbocycles. The van der Waals surface area contributed by atoms with Crippen LogP contribution < -0.4 is 5.32 Å². The van der Waals surface area contributed by atoms with Crippen LogP contribution in [0.15, 0.2) is 48.5 Å². The van der Waals surface area contributed by atoms with Crippen LogP contribution in [-0.2, 0) is 16.1 Å². The first kappa shape index (κ1) is 18.4. The van der Waals surface area contributed by atoms with Gasteiger partial charge in [0.25, 0.3) is 11.6 Å². The number of nitrogens with zero attached hydrogens (tertiary/aromatic N) is 1. The summed E-state index contributed by atoms with van der Waals surface area (Å²) in [5.41, 5.74) is 0.623. The first-order chi connectivity index (χ1) is 11.9. The molecule has 1 N–H and O–H groups in total. The maximum absolute atomic E-state index is 12.1. The number of nitro benzene ring substituents is 1. The van der Waals surface area contributed by atoms with Crippen molar-refractivity contribution in [2.45, 2.75) is 19.6 Å². The molecule has 8 heteroatoms.